The smallest absolute Gasteiger partial charge is 0.145 e. The van der Waals surface area contributed by atoms with Crippen LogP contribution in [-0.2, 0) is 5.41 Å². The Balaban J connectivity index is 1.02. The number of hydrogen-bond donors (Lipinski definition) is 0. The number of hydrogen-bond acceptors (Lipinski definition) is 2. The van der Waals surface area contributed by atoms with Gasteiger partial charge in [0.25, 0.3) is 0 Å². The topological polar surface area (TPSA) is 26.0 Å². The van der Waals surface area contributed by atoms with Crippen LogP contribution in [0.1, 0.15) is 38.8 Å². The highest BCUT2D eigenvalue weighted by atomic mass is 15.1. The first-order valence-corrected chi connectivity index (χ1v) is 21.5. The summed E-state index contributed by atoms with van der Waals surface area (Å²) in [4.78, 5) is 7.56. The zero-order valence-electron chi connectivity index (χ0n) is 35.4. The van der Waals surface area contributed by atoms with Crippen molar-refractivity contribution in [2.75, 3.05) is 4.90 Å². The van der Waals surface area contributed by atoms with Crippen molar-refractivity contribution in [1.29, 1.82) is 0 Å². The number of benzene rings is 8. The Labute approximate surface area is 363 Å². The van der Waals surface area contributed by atoms with Crippen molar-refractivity contribution in [2.45, 2.75) is 33.1 Å². The Bertz CT molecular complexity index is 3380. The number of imidazole rings is 1. The summed E-state index contributed by atoms with van der Waals surface area (Å²) in [6.07, 6.45) is 6.47. The van der Waals surface area contributed by atoms with E-state index in [-0.39, 0.29) is 5.41 Å². The molecule has 4 nitrogen and oxygen atoms in total. The molecule has 1 aliphatic carbocycles. The molecule has 10 aromatic rings. The molecule has 0 N–H and O–H groups in total. The zero-order chi connectivity index (χ0) is 42.0. The molecule has 4 heteroatoms. The molecule has 0 atom stereocenters. The number of aromatic nitrogens is 3. The van der Waals surface area contributed by atoms with E-state index in [4.69, 9.17) is 4.98 Å². The molecule has 0 unspecified atom stereocenters. The Morgan fingerprint density at radius 3 is 1.89 bits per heavy atom. The van der Waals surface area contributed by atoms with Crippen molar-refractivity contribution in [3.63, 3.8) is 0 Å². The normalized spacial score (nSPS) is 13.3. The molecule has 2 heterocycles. The summed E-state index contributed by atoms with van der Waals surface area (Å²) in [6, 6.07) is 68.3. The third-order valence-corrected chi connectivity index (χ3v) is 12.8. The van der Waals surface area contributed by atoms with Crippen molar-refractivity contribution in [3.05, 3.63) is 217 Å². The second-order valence-electron chi connectivity index (χ2n) is 16.7. The average Bonchev–Trinajstić information content (AvgIpc) is 3.95. The van der Waals surface area contributed by atoms with Crippen LogP contribution in [0, 0.1) is 0 Å². The van der Waals surface area contributed by atoms with Gasteiger partial charge in [-0.1, -0.05) is 123 Å². The molecular weight excluding hydrogens is 753 g/mol. The van der Waals surface area contributed by atoms with Gasteiger partial charge in [-0.3, -0.25) is 4.57 Å². The Hall–Kier alpha value is -7.69. The fraction of sp³-hybridized carbons (Fsp3) is 0.0862. The molecule has 1 aliphatic rings. The third kappa shape index (κ3) is 5.94. The summed E-state index contributed by atoms with van der Waals surface area (Å²) in [5.41, 5.74) is 18.6. The number of rotatable bonds is 8. The minimum atomic E-state index is -0.125. The van der Waals surface area contributed by atoms with Crippen molar-refractivity contribution in [2.24, 2.45) is 0 Å². The highest BCUT2D eigenvalue weighted by molar-refractivity contribution is 6.11. The van der Waals surface area contributed by atoms with Crippen LogP contribution in [-0.4, -0.2) is 14.1 Å². The van der Waals surface area contributed by atoms with Crippen LogP contribution < -0.4 is 4.90 Å². The van der Waals surface area contributed by atoms with Crippen LogP contribution in [0.2, 0.25) is 0 Å². The van der Waals surface area contributed by atoms with Gasteiger partial charge in [-0.25, -0.2) is 4.98 Å². The highest BCUT2D eigenvalue weighted by Crippen LogP contribution is 2.51. The van der Waals surface area contributed by atoms with Gasteiger partial charge in [-0.05, 0) is 144 Å². The van der Waals surface area contributed by atoms with E-state index in [1.807, 2.05) is 0 Å². The van der Waals surface area contributed by atoms with Gasteiger partial charge in [0.05, 0.1) is 22.1 Å². The van der Waals surface area contributed by atoms with Crippen molar-refractivity contribution in [1.82, 2.24) is 14.1 Å². The second kappa shape index (κ2) is 14.8. The molecule has 11 rings (SSSR count). The summed E-state index contributed by atoms with van der Waals surface area (Å²) in [5, 5.41) is 2.50. The van der Waals surface area contributed by atoms with Crippen LogP contribution in [0.25, 0.3) is 77.9 Å². The lowest BCUT2D eigenvalue weighted by Gasteiger charge is -2.28. The quantitative estimate of drug-likeness (QED) is 0.143. The molecule has 0 saturated carbocycles. The molecule has 0 amide bonds. The Kier molecular flexibility index (Phi) is 8.90. The van der Waals surface area contributed by atoms with Gasteiger partial charge in [0.15, 0.2) is 0 Å². The van der Waals surface area contributed by atoms with E-state index in [2.05, 4.69) is 248 Å². The standard InChI is InChI=1S/C58H46N4/c1-5-16-42(6-2)61-54-23-14-11-20-49(54)50-37-41(29-36-55(50)61)39-25-30-44(31-26-39)60(46-34-35-48-47-19-10-12-21-51(47)58(3,4)52(48)38-46)45-32-27-40(28-33-45)57-59-53-22-13-15-24-56(53)62(57)43-17-8-7-9-18-43/h5-38H,1-4H3/b16-5-,42-6+. The molecule has 0 aliphatic heterocycles. The van der Waals surface area contributed by atoms with Crippen molar-refractivity contribution in [3.8, 4) is 39.3 Å². The molecule has 298 valence electrons. The predicted octanol–water partition coefficient (Wildman–Crippen LogP) is 15.7. The first kappa shape index (κ1) is 37.3. The summed E-state index contributed by atoms with van der Waals surface area (Å²) >= 11 is 0. The van der Waals surface area contributed by atoms with Crippen LogP contribution in [0.3, 0.4) is 0 Å². The molecule has 0 radical (unpaired) electrons. The van der Waals surface area contributed by atoms with E-state index in [0.717, 1.165) is 50.9 Å². The van der Waals surface area contributed by atoms with Gasteiger partial charge in [0, 0.05) is 50.2 Å². The van der Waals surface area contributed by atoms with Gasteiger partial charge in [-0.2, -0.15) is 0 Å². The molecular formula is C58H46N4. The highest BCUT2D eigenvalue weighted by Gasteiger charge is 2.35. The molecule has 0 fully saturated rings. The number of para-hydroxylation sites is 4. The first-order chi connectivity index (χ1) is 30.4. The predicted molar refractivity (Wildman–Crippen MR) is 262 cm³/mol. The van der Waals surface area contributed by atoms with Gasteiger partial charge >= 0.3 is 0 Å². The molecule has 0 bridgehead atoms. The van der Waals surface area contributed by atoms with Crippen LogP contribution in [0.15, 0.2) is 206 Å². The van der Waals surface area contributed by atoms with Gasteiger partial charge in [0.1, 0.15) is 5.82 Å². The fourth-order valence-corrected chi connectivity index (χ4v) is 9.80. The van der Waals surface area contributed by atoms with Crippen LogP contribution >= 0.6 is 0 Å². The Morgan fingerprint density at radius 2 is 1.13 bits per heavy atom. The maximum Gasteiger partial charge on any atom is 0.145 e. The summed E-state index contributed by atoms with van der Waals surface area (Å²) in [7, 11) is 0. The zero-order valence-corrected chi connectivity index (χ0v) is 35.4. The van der Waals surface area contributed by atoms with E-state index in [1.54, 1.807) is 0 Å². The number of allylic oxidation sites excluding steroid dienone is 4. The molecule has 0 spiro atoms. The SMILES string of the molecule is C/C=C\C(=C/C)n1c2ccccc2c2cc(-c3ccc(N(c4ccc(-c5nc6ccccc6n5-c5ccccc5)cc4)c4ccc5c(c4)C(C)(C)c4ccccc4-5)cc3)ccc21. The van der Waals surface area contributed by atoms with Crippen molar-refractivity contribution < 1.29 is 0 Å². The largest absolute Gasteiger partial charge is 0.310 e. The number of fused-ring (bicyclic) bond motifs is 7. The van der Waals surface area contributed by atoms with E-state index in [0.29, 0.717) is 0 Å². The van der Waals surface area contributed by atoms with E-state index >= 15 is 0 Å². The second-order valence-corrected chi connectivity index (χ2v) is 16.7. The van der Waals surface area contributed by atoms with Gasteiger partial charge in [-0.15, -0.1) is 0 Å². The monoisotopic (exact) mass is 798 g/mol. The van der Waals surface area contributed by atoms with Crippen LogP contribution in [0.4, 0.5) is 17.1 Å². The average molecular weight is 799 g/mol. The third-order valence-electron chi connectivity index (χ3n) is 12.8. The summed E-state index contributed by atoms with van der Waals surface area (Å²) in [5.74, 6) is 0.917. The van der Waals surface area contributed by atoms with E-state index in [9.17, 15) is 0 Å². The van der Waals surface area contributed by atoms with Gasteiger partial charge in [0.2, 0.25) is 0 Å². The lowest BCUT2D eigenvalue weighted by Crippen LogP contribution is -2.16. The van der Waals surface area contributed by atoms with Gasteiger partial charge < -0.3 is 9.47 Å². The lowest BCUT2D eigenvalue weighted by molar-refractivity contribution is 0.660. The molecule has 2 aromatic heterocycles. The van der Waals surface area contributed by atoms with E-state index < -0.39 is 0 Å². The fourth-order valence-electron chi connectivity index (χ4n) is 9.80. The van der Waals surface area contributed by atoms with E-state index in [1.165, 1.54) is 55.2 Å². The molecule has 0 saturated heterocycles. The van der Waals surface area contributed by atoms with Crippen molar-refractivity contribution >= 4 is 55.6 Å². The minimum absolute atomic E-state index is 0.125. The maximum atomic E-state index is 5.16. The molecule has 62 heavy (non-hydrogen) atoms. The van der Waals surface area contributed by atoms with Crippen LogP contribution in [0.5, 0.6) is 0 Å². The summed E-state index contributed by atoms with van der Waals surface area (Å²) < 4.78 is 4.63. The Morgan fingerprint density at radius 1 is 0.516 bits per heavy atom. The molecule has 8 aromatic carbocycles. The number of nitrogens with zero attached hydrogens (tertiary/aromatic N) is 4. The maximum absolute atomic E-state index is 5.16. The number of anilines is 3. The lowest BCUT2D eigenvalue weighted by atomic mass is 9.82. The summed E-state index contributed by atoms with van der Waals surface area (Å²) in [6.45, 7) is 8.88. The first-order valence-electron chi connectivity index (χ1n) is 21.5. The minimum Gasteiger partial charge on any atom is -0.310 e.